The number of hydrogen-bond donors (Lipinski definition) is 2. The molecule has 6 heteroatoms. The van der Waals surface area contributed by atoms with Crippen LogP contribution >= 0.6 is 0 Å². The van der Waals surface area contributed by atoms with Crippen LogP contribution in [0, 0.1) is 11.3 Å². The maximum absolute atomic E-state index is 12.0. The summed E-state index contributed by atoms with van der Waals surface area (Å²) in [6.07, 6.45) is 0.324. The SMILES string of the molecule is CC(C)NS(=O)(=O)c1ccc(-c2ccc(CC#N)[nH]2)cc1. The van der Waals surface area contributed by atoms with E-state index < -0.39 is 10.0 Å². The lowest BCUT2D eigenvalue weighted by molar-refractivity contribution is 0.570. The maximum atomic E-state index is 12.0. The van der Waals surface area contributed by atoms with Gasteiger partial charge in [-0.05, 0) is 43.7 Å². The Morgan fingerprint density at radius 2 is 1.86 bits per heavy atom. The molecule has 0 aliphatic heterocycles. The average molecular weight is 303 g/mol. The number of rotatable bonds is 5. The second kappa shape index (κ2) is 6.12. The van der Waals surface area contributed by atoms with Crippen LogP contribution in [0.25, 0.3) is 11.3 Å². The summed E-state index contributed by atoms with van der Waals surface area (Å²) >= 11 is 0. The summed E-state index contributed by atoms with van der Waals surface area (Å²) in [4.78, 5) is 3.37. The molecule has 0 atom stereocenters. The van der Waals surface area contributed by atoms with E-state index in [1.807, 2.05) is 12.1 Å². The van der Waals surface area contributed by atoms with Crippen LogP contribution in [0.5, 0.6) is 0 Å². The van der Waals surface area contributed by atoms with E-state index in [2.05, 4.69) is 15.8 Å². The summed E-state index contributed by atoms with van der Waals surface area (Å²) in [5.41, 5.74) is 2.58. The van der Waals surface area contributed by atoms with E-state index in [-0.39, 0.29) is 10.9 Å². The Labute approximate surface area is 124 Å². The highest BCUT2D eigenvalue weighted by molar-refractivity contribution is 7.89. The quantitative estimate of drug-likeness (QED) is 0.889. The second-order valence-electron chi connectivity index (χ2n) is 5.03. The van der Waals surface area contributed by atoms with Crippen molar-refractivity contribution in [2.24, 2.45) is 0 Å². The molecule has 0 spiro atoms. The minimum absolute atomic E-state index is 0.147. The number of H-pyrrole nitrogens is 1. The molecule has 0 aliphatic carbocycles. The van der Waals surface area contributed by atoms with Crippen LogP contribution in [0.3, 0.4) is 0 Å². The summed E-state index contributed by atoms with van der Waals surface area (Å²) < 4.78 is 26.6. The molecule has 0 amide bonds. The molecule has 0 radical (unpaired) electrons. The first-order valence-corrected chi connectivity index (χ1v) is 8.08. The molecule has 5 nitrogen and oxygen atoms in total. The Morgan fingerprint density at radius 3 is 2.43 bits per heavy atom. The van der Waals surface area contributed by atoms with Crippen LogP contribution in [0.1, 0.15) is 19.5 Å². The van der Waals surface area contributed by atoms with Crippen LogP contribution < -0.4 is 4.72 Å². The molecule has 0 bridgehead atoms. The zero-order valence-electron chi connectivity index (χ0n) is 11.9. The van der Waals surface area contributed by atoms with Gasteiger partial charge in [0.1, 0.15) is 0 Å². The molecular formula is C15H17N3O2S. The van der Waals surface area contributed by atoms with Crippen molar-refractivity contribution in [1.29, 1.82) is 5.26 Å². The van der Waals surface area contributed by atoms with Crippen molar-refractivity contribution in [2.75, 3.05) is 0 Å². The number of nitriles is 1. The van der Waals surface area contributed by atoms with Gasteiger partial charge in [0.05, 0.1) is 17.4 Å². The first-order valence-electron chi connectivity index (χ1n) is 6.60. The van der Waals surface area contributed by atoms with Gasteiger partial charge in [-0.3, -0.25) is 0 Å². The number of benzene rings is 1. The van der Waals surface area contributed by atoms with E-state index in [1.165, 1.54) is 0 Å². The van der Waals surface area contributed by atoms with E-state index in [0.717, 1.165) is 17.0 Å². The zero-order chi connectivity index (χ0) is 15.5. The van der Waals surface area contributed by atoms with Crippen molar-refractivity contribution in [3.63, 3.8) is 0 Å². The molecule has 1 aromatic carbocycles. The Morgan fingerprint density at radius 1 is 1.19 bits per heavy atom. The van der Waals surface area contributed by atoms with Gasteiger partial charge in [-0.1, -0.05) is 12.1 Å². The molecule has 0 saturated carbocycles. The smallest absolute Gasteiger partial charge is 0.240 e. The predicted octanol–water partition coefficient (Wildman–Crippen LogP) is 2.43. The highest BCUT2D eigenvalue weighted by atomic mass is 32.2. The van der Waals surface area contributed by atoms with E-state index in [4.69, 9.17) is 5.26 Å². The van der Waals surface area contributed by atoms with Crippen molar-refractivity contribution >= 4 is 10.0 Å². The standard InChI is InChI=1S/C15H17N3O2S/c1-11(2)18-21(19,20)14-6-3-12(4-7-14)15-8-5-13(17-15)9-10-16/h3-8,11,17-18H,9H2,1-2H3. The molecule has 21 heavy (non-hydrogen) atoms. The number of aromatic amines is 1. The molecule has 0 saturated heterocycles. The largest absolute Gasteiger partial charge is 0.358 e. The third kappa shape index (κ3) is 3.72. The molecule has 110 valence electrons. The van der Waals surface area contributed by atoms with Crippen molar-refractivity contribution in [3.8, 4) is 17.3 Å². The van der Waals surface area contributed by atoms with Crippen LogP contribution in [-0.2, 0) is 16.4 Å². The van der Waals surface area contributed by atoms with Gasteiger partial charge in [-0.2, -0.15) is 5.26 Å². The lowest BCUT2D eigenvalue weighted by atomic mass is 10.2. The lowest BCUT2D eigenvalue weighted by Gasteiger charge is -2.09. The summed E-state index contributed by atoms with van der Waals surface area (Å²) in [7, 11) is -3.47. The second-order valence-corrected chi connectivity index (χ2v) is 6.75. The molecule has 1 heterocycles. The average Bonchev–Trinajstić information content (AvgIpc) is 2.86. The molecule has 0 aliphatic rings. The summed E-state index contributed by atoms with van der Waals surface area (Å²) in [6, 6.07) is 12.3. The number of hydrogen-bond acceptors (Lipinski definition) is 3. The number of aromatic nitrogens is 1. The first-order chi connectivity index (χ1) is 9.92. The fraction of sp³-hybridized carbons (Fsp3) is 0.267. The van der Waals surface area contributed by atoms with Gasteiger partial charge in [0, 0.05) is 17.4 Å². The van der Waals surface area contributed by atoms with Gasteiger partial charge in [0.2, 0.25) is 10.0 Å². The summed E-state index contributed by atoms with van der Waals surface area (Å²) in [5.74, 6) is 0. The van der Waals surface area contributed by atoms with Crippen molar-refractivity contribution in [3.05, 3.63) is 42.1 Å². The third-order valence-corrected chi connectivity index (χ3v) is 4.56. The van der Waals surface area contributed by atoms with Crippen LogP contribution in [0.15, 0.2) is 41.3 Å². The van der Waals surface area contributed by atoms with E-state index in [9.17, 15) is 8.42 Å². The van der Waals surface area contributed by atoms with Crippen molar-refractivity contribution in [2.45, 2.75) is 31.2 Å². The fourth-order valence-corrected chi connectivity index (χ4v) is 3.24. The van der Waals surface area contributed by atoms with E-state index in [0.29, 0.717) is 6.42 Å². The topological polar surface area (TPSA) is 85.8 Å². The maximum Gasteiger partial charge on any atom is 0.240 e. The van der Waals surface area contributed by atoms with Crippen molar-refractivity contribution < 1.29 is 8.42 Å². The van der Waals surface area contributed by atoms with Gasteiger partial charge >= 0.3 is 0 Å². The molecule has 1 aromatic heterocycles. The normalized spacial score (nSPS) is 11.5. The first kappa shape index (κ1) is 15.3. The number of sulfonamides is 1. The molecule has 0 unspecified atom stereocenters. The predicted molar refractivity (Wildman–Crippen MR) is 81.0 cm³/mol. The highest BCUT2D eigenvalue weighted by Gasteiger charge is 2.15. The fourth-order valence-electron chi connectivity index (χ4n) is 1.99. The van der Waals surface area contributed by atoms with Crippen LogP contribution in [0.2, 0.25) is 0 Å². The molecule has 2 rings (SSSR count). The summed E-state index contributed by atoms with van der Waals surface area (Å²) in [6.45, 7) is 3.56. The van der Waals surface area contributed by atoms with E-state index in [1.54, 1.807) is 38.1 Å². The van der Waals surface area contributed by atoms with Crippen LogP contribution in [0.4, 0.5) is 0 Å². The Balaban J connectivity index is 2.24. The Hall–Kier alpha value is -2.10. The van der Waals surface area contributed by atoms with Gasteiger partial charge in [0.25, 0.3) is 0 Å². The summed E-state index contributed by atoms with van der Waals surface area (Å²) in [5, 5.41) is 8.65. The minimum atomic E-state index is -3.47. The molecule has 2 N–H and O–H groups in total. The van der Waals surface area contributed by atoms with Crippen molar-refractivity contribution in [1.82, 2.24) is 9.71 Å². The molecule has 2 aromatic rings. The minimum Gasteiger partial charge on any atom is -0.358 e. The van der Waals surface area contributed by atoms with Gasteiger partial charge < -0.3 is 4.98 Å². The zero-order valence-corrected chi connectivity index (χ0v) is 12.7. The van der Waals surface area contributed by atoms with Gasteiger partial charge in [0.15, 0.2) is 0 Å². The molecular weight excluding hydrogens is 286 g/mol. The van der Waals surface area contributed by atoms with E-state index >= 15 is 0 Å². The van der Waals surface area contributed by atoms with Gasteiger partial charge in [-0.15, -0.1) is 0 Å². The Bertz CT molecular complexity index is 753. The third-order valence-electron chi connectivity index (χ3n) is 2.88. The van der Waals surface area contributed by atoms with Gasteiger partial charge in [-0.25, -0.2) is 13.1 Å². The highest BCUT2D eigenvalue weighted by Crippen LogP contribution is 2.21. The number of nitrogens with zero attached hydrogens (tertiary/aromatic N) is 1. The molecule has 0 fully saturated rings. The Kier molecular flexibility index (Phi) is 4.46. The van der Waals surface area contributed by atoms with Crippen LogP contribution in [-0.4, -0.2) is 19.4 Å². The number of nitrogens with one attached hydrogen (secondary N) is 2. The lowest BCUT2D eigenvalue weighted by Crippen LogP contribution is -2.30. The monoisotopic (exact) mass is 303 g/mol.